The second kappa shape index (κ2) is 8.49. The van der Waals surface area contributed by atoms with Crippen molar-refractivity contribution in [3.05, 3.63) is 47.7 Å². The van der Waals surface area contributed by atoms with Crippen molar-refractivity contribution in [3.63, 3.8) is 0 Å². The van der Waals surface area contributed by atoms with Crippen molar-refractivity contribution in [1.82, 2.24) is 15.5 Å². The largest absolute Gasteiger partial charge is 0.351 e. The summed E-state index contributed by atoms with van der Waals surface area (Å²) in [5, 5.41) is 22.8. The average molecular weight is 309 g/mol. The number of nitrogens with zero attached hydrogens (tertiary/aromatic N) is 3. The lowest BCUT2D eigenvalue weighted by molar-refractivity contribution is 0.0947. The molecule has 6 nitrogen and oxygen atoms in total. The van der Waals surface area contributed by atoms with Crippen LogP contribution in [0.5, 0.6) is 0 Å². The molecule has 0 aliphatic carbocycles. The van der Waals surface area contributed by atoms with Crippen molar-refractivity contribution in [3.8, 4) is 6.07 Å². The summed E-state index contributed by atoms with van der Waals surface area (Å²) in [6.07, 6.45) is 3.16. The van der Waals surface area contributed by atoms with Gasteiger partial charge in [-0.05, 0) is 30.7 Å². The van der Waals surface area contributed by atoms with Crippen LogP contribution in [-0.4, -0.2) is 22.6 Å². The number of nitriles is 1. The number of aromatic nitrogens is 2. The number of nitrogens with one attached hydrogen (secondary N) is 2. The van der Waals surface area contributed by atoms with Gasteiger partial charge in [0, 0.05) is 6.54 Å². The highest BCUT2D eigenvalue weighted by Gasteiger charge is 2.08. The Morgan fingerprint density at radius 3 is 2.70 bits per heavy atom. The number of hydrogen-bond acceptors (Lipinski definition) is 5. The summed E-state index contributed by atoms with van der Waals surface area (Å²) in [4.78, 5) is 11.9. The van der Waals surface area contributed by atoms with Crippen LogP contribution in [0.25, 0.3) is 0 Å². The zero-order chi connectivity index (χ0) is 16.5. The second-order valence-electron chi connectivity index (χ2n) is 5.05. The lowest BCUT2D eigenvalue weighted by Crippen LogP contribution is -2.25. The molecule has 2 rings (SSSR count). The van der Waals surface area contributed by atoms with Crippen LogP contribution in [0.1, 0.15) is 42.2 Å². The third-order valence-electron chi connectivity index (χ3n) is 3.27. The van der Waals surface area contributed by atoms with Crippen LogP contribution in [0.3, 0.4) is 0 Å². The fourth-order valence-electron chi connectivity index (χ4n) is 2.02. The molecular weight excluding hydrogens is 290 g/mol. The predicted octanol–water partition coefficient (Wildman–Crippen LogP) is 3.01. The van der Waals surface area contributed by atoms with Gasteiger partial charge in [0.15, 0.2) is 11.5 Å². The number of unbranched alkanes of at least 4 members (excludes halogenated alkanes) is 2. The van der Waals surface area contributed by atoms with Crippen LogP contribution in [-0.2, 0) is 0 Å². The van der Waals surface area contributed by atoms with E-state index >= 15 is 0 Å². The molecule has 0 saturated heterocycles. The first-order chi connectivity index (χ1) is 11.2. The Kier molecular flexibility index (Phi) is 6.07. The summed E-state index contributed by atoms with van der Waals surface area (Å²) < 4.78 is 0. The van der Waals surface area contributed by atoms with Crippen LogP contribution in [0, 0.1) is 11.3 Å². The van der Waals surface area contributed by atoms with E-state index in [1.807, 2.05) is 6.07 Å². The van der Waals surface area contributed by atoms with E-state index in [0.29, 0.717) is 23.6 Å². The number of carbonyl (C=O) groups excluding carboxylic acids is 1. The zero-order valence-electron chi connectivity index (χ0n) is 13.0. The normalized spacial score (nSPS) is 9.91. The third-order valence-corrected chi connectivity index (χ3v) is 3.27. The Labute approximate surface area is 135 Å². The van der Waals surface area contributed by atoms with Crippen LogP contribution < -0.4 is 10.6 Å². The first kappa shape index (κ1) is 16.4. The van der Waals surface area contributed by atoms with E-state index in [2.05, 4.69) is 33.8 Å². The van der Waals surface area contributed by atoms with Crippen LogP contribution in [0.4, 0.5) is 11.5 Å². The summed E-state index contributed by atoms with van der Waals surface area (Å²) in [5.41, 5.74) is 1.45. The molecule has 0 saturated carbocycles. The summed E-state index contributed by atoms with van der Waals surface area (Å²) in [6, 6.07) is 12.5. The quantitative estimate of drug-likeness (QED) is 0.767. The van der Waals surface area contributed by atoms with Crippen LogP contribution in [0.15, 0.2) is 36.4 Å². The third kappa shape index (κ3) is 4.78. The predicted molar refractivity (Wildman–Crippen MR) is 88.3 cm³/mol. The van der Waals surface area contributed by atoms with Gasteiger partial charge in [0.25, 0.3) is 5.91 Å². The maximum Gasteiger partial charge on any atom is 0.271 e. The van der Waals surface area contributed by atoms with Gasteiger partial charge in [-0.1, -0.05) is 31.9 Å². The van der Waals surface area contributed by atoms with Gasteiger partial charge >= 0.3 is 0 Å². The highest BCUT2D eigenvalue weighted by molar-refractivity contribution is 5.92. The van der Waals surface area contributed by atoms with Gasteiger partial charge in [0.1, 0.15) is 6.07 Å². The Bertz CT molecular complexity index is 691. The minimum absolute atomic E-state index is 0.224. The lowest BCUT2D eigenvalue weighted by atomic mass is 10.2. The molecule has 1 aromatic carbocycles. The Hall–Kier alpha value is -2.94. The van der Waals surface area contributed by atoms with Crippen molar-refractivity contribution in [2.75, 3.05) is 11.9 Å². The maximum absolute atomic E-state index is 11.9. The van der Waals surface area contributed by atoms with Gasteiger partial charge in [-0.25, -0.2) is 0 Å². The van der Waals surface area contributed by atoms with Gasteiger partial charge in [-0.2, -0.15) is 5.26 Å². The van der Waals surface area contributed by atoms with Crippen molar-refractivity contribution in [2.24, 2.45) is 0 Å². The molecule has 23 heavy (non-hydrogen) atoms. The van der Waals surface area contributed by atoms with Crippen molar-refractivity contribution >= 4 is 17.4 Å². The van der Waals surface area contributed by atoms with Gasteiger partial charge in [0.2, 0.25) is 0 Å². The number of carbonyl (C=O) groups is 1. The number of benzene rings is 1. The molecule has 0 aliphatic rings. The first-order valence-corrected chi connectivity index (χ1v) is 7.62. The molecule has 1 amide bonds. The molecule has 0 radical (unpaired) electrons. The summed E-state index contributed by atoms with van der Waals surface area (Å²) in [6.45, 7) is 2.76. The molecule has 2 N–H and O–H groups in total. The molecule has 118 valence electrons. The molecule has 0 aliphatic heterocycles. The Morgan fingerprint density at radius 1 is 1.17 bits per heavy atom. The summed E-state index contributed by atoms with van der Waals surface area (Å²) in [7, 11) is 0. The molecule has 2 aromatic rings. The van der Waals surface area contributed by atoms with Crippen LogP contribution >= 0.6 is 0 Å². The number of hydrogen-bond donors (Lipinski definition) is 2. The molecule has 0 atom stereocenters. The zero-order valence-corrected chi connectivity index (χ0v) is 13.0. The first-order valence-electron chi connectivity index (χ1n) is 7.62. The van der Waals surface area contributed by atoms with Crippen molar-refractivity contribution in [2.45, 2.75) is 26.2 Å². The van der Waals surface area contributed by atoms with Gasteiger partial charge < -0.3 is 10.6 Å². The van der Waals surface area contributed by atoms with E-state index in [4.69, 9.17) is 5.26 Å². The lowest BCUT2D eigenvalue weighted by Gasteiger charge is -2.07. The molecule has 1 heterocycles. The topological polar surface area (TPSA) is 90.7 Å². The van der Waals surface area contributed by atoms with Gasteiger partial charge in [-0.15, -0.1) is 10.2 Å². The molecule has 0 spiro atoms. The fourth-order valence-corrected chi connectivity index (χ4v) is 2.02. The highest BCUT2D eigenvalue weighted by Crippen LogP contribution is 2.18. The smallest absolute Gasteiger partial charge is 0.271 e. The van der Waals surface area contributed by atoms with Crippen molar-refractivity contribution in [1.29, 1.82) is 5.26 Å². The van der Waals surface area contributed by atoms with E-state index < -0.39 is 0 Å². The molecule has 6 heteroatoms. The molecule has 0 unspecified atom stereocenters. The number of para-hydroxylation sites is 1. The standard InChI is InChI=1S/C17H19N5O/c1-2-3-6-11-19-17(23)15-9-10-16(22-21-15)20-14-8-5-4-7-13(14)12-18/h4-5,7-10H,2-3,6,11H2,1H3,(H,19,23)(H,20,22). The van der Waals surface area contributed by atoms with Crippen molar-refractivity contribution < 1.29 is 4.79 Å². The van der Waals surface area contributed by atoms with Gasteiger partial charge in [0.05, 0.1) is 11.3 Å². The minimum atomic E-state index is -0.224. The van der Waals surface area contributed by atoms with E-state index in [9.17, 15) is 4.79 Å². The monoisotopic (exact) mass is 309 g/mol. The Balaban J connectivity index is 1.97. The maximum atomic E-state index is 11.9. The summed E-state index contributed by atoms with van der Waals surface area (Å²) in [5.74, 6) is 0.257. The highest BCUT2D eigenvalue weighted by atomic mass is 16.1. The van der Waals surface area contributed by atoms with Crippen LogP contribution in [0.2, 0.25) is 0 Å². The van der Waals surface area contributed by atoms with E-state index in [0.717, 1.165) is 19.3 Å². The average Bonchev–Trinajstić information content (AvgIpc) is 2.59. The molecule has 1 aromatic heterocycles. The molecule has 0 fully saturated rings. The van der Waals surface area contributed by atoms with E-state index in [-0.39, 0.29) is 11.6 Å². The molecule has 0 bridgehead atoms. The second-order valence-corrected chi connectivity index (χ2v) is 5.05. The SMILES string of the molecule is CCCCCNC(=O)c1ccc(Nc2ccccc2C#N)nn1. The van der Waals surface area contributed by atoms with Gasteiger partial charge in [-0.3, -0.25) is 4.79 Å². The number of rotatable bonds is 7. The summed E-state index contributed by atoms with van der Waals surface area (Å²) >= 11 is 0. The fraction of sp³-hybridized carbons (Fsp3) is 0.294. The minimum Gasteiger partial charge on any atom is -0.351 e. The number of anilines is 2. The van der Waals surface area contributed by atoms with E-state index in [1.54, 1.807) is 30.3 Å². The molecular formula is C17H19N5O. The Morgan fingerprint density at radius 2 is 2.00 bits per heavy atom. The number of amides is 1. The van der Waals surface area contributed by atoms with E-state index in [1.165, 1.54) is 0 Å².